The maximum Gasteiger partial charge on any atom is 0.229 e. The molecule has 0 N–H and O–H groups in total. The van der Waals surface area contributed by atoms with Crippen molar-refractivity contribution in [2.75, 3.05) is 0 Å². The van der Waals surface area contributed by atoms with Crippen LogP contribution in [0.4, 0.5) is 4.39 Å². The van der Waals surface area contributed by atoms with Crippen molar-refractivity contribution in [2.24, 2.45) is 7.05 Å². The van der Waals surface area contributed by atoms with Gasteiger partial charge in [0.2, 0.25) is 5.89 Å². The Morgan fingerprint density at radius 1 is 1.13 bits per heavy atom. The van der Waals surface area contributed by atoms with Crippen LogP contribution in [0.3, 0.4) is 0 Å². The summed E-state index contributed by atoms with van der Waals surface area (Å²) in [5.74, 6) is 1.62. The minimum Gasteiger partial charge on any atom is -0.339 e. The lowest BCUT2D eigenvalue weighted by molar-refractivity contribution is 0.0971. The Morgan fingerprint density at radius 2 is 1.84 bits per heavy atom. The van der Waals surface area contributed by atoms with Gasteiger partial charge in [-0.1, -0.05) is 38.1 Å². The second-order valence-corrected chi connectivity index (χ2v) is 8.29. The predicted octanol–water partition coefficient (Wildman–Crippen LogP) is 5.57. The summed E-state index contributed by atoms with van der Waals surface area (Å²) in [6, 6.07) is 10.00. The van der Waals surface area contributed by atoms with Crippen molar-refractivity contribution < 1.29 is 13.7 Å². The van der Waals surface area contributed by atoms with Crippen molar-refractivity contribution >= 4 is 16.8 Å². The molecule has 0 amide bonds. The van der Waals surface area contributed by atoms with Gasteiger partial charge in [0.05, 0.1) is 11.0 Å². The van der Waals surface area contributed by atoms with Gasteiger partial charge < -0.3 is 9.09 Å². The topological polar surface area (TPSA) is 73.8 Å². The molecule has 0 aliphatic rings. The zero-order chi connectivity index (χ0) is 22.3. The first kappa shape index (κ1) is 20.9. The molecule has 2 aromatic heterocycles. The first-order valence-corrected chi connectivity index (χ1v) is 10.3. The summed E-state index contributed by atoms with van der Waals surface area (Å²) in [6.45, 7) is 7.81. The summed E-state index contributed by atoms with van der Waals surface area (Å²) >= 11 is 0. The highest BCUT2D eigenvalue weighted by molar-refractivity contribution is 6.04. The number of hydrogen-bond acceptors (Lipinski definition) is 5. The van der Waals surface area contributed by atoms with Crippen molar-refractivity contribution in [2.45, 2.75) is 46.0 Å². The molecule has 1 atom stereocenters. The van der Waals surface area contributed by atoms with Gasteiger partial charge in [0.15, 0.2) is 11.6 Å². The van der Waals surface area contributed by atoms with Gasteiger partial charge in [0.1, 0.15) is 11.6 Å². The highest BCUT2D eigenvalue weighted by Crippen LogP contribution is 2.33. The largest absolute Gasteiger partial charge is 0.339 e. The molecule has 0 saturated heterocycles. The fourth-order valence-electron chi connectivity index (χ4n) is 3.83. The Balaban J connectivity index is 1.80. The highest BCUT2D eigenvalue weighted by atomic mass is 19.1. The quantitative estimate of drug-likeness (QED) is 0.381. The zero-order valence-electron chi connectivity index (χ0n) is 18.3. The van der Waals surface area contributed by atoms with Crippen molar-refractivity contribution in [1.82, 2.24) is 19.7 Å². The molecule has 7 heteroatoms. The Hall–Kier alpha value is -3.35. The standard InChI is InChI=1S/C24H25FN4O2/c1-13(2)23-27-22-19(16-6-8-18(25)9-7-16)11-17(12-20(22)29(23)5)21(30)10-14(3)24-26-15(4)28-31-24/h6-9,11-14H,10H2,1-5H3/t14-/m0/s1. The molecule has 0 bridgehead atoms. The lowest BCUT2D eigenvalue weighted by atomic mass is 9.95. The van der Waals surface area contributed by atoms with Crippen LogP contribution in [0, 0.1) is 12.7 Å². The van der Waals surface area contributed by atoms with Crippen LogP contribution in [0.2, 0.25) is 0 Å². The first-order valence-electron chi connectivity index (χ1n) is 10.3. The number of halogens is 1. The summed E-state index contributed by atoms with van der Waals surface area (Å²) in [7, 11) is 1.96. The number of rotatable bonds is 6. The van der Waals surface area contributed by atoms with Gasteiger partial charge in [-0.3, -0.25) is 4.79 Å². The molecule has 2 aromatic carbocycles. The third-order valence-electron chi connectivity index (χ3n) is 5.47. The number of carbonyl (C=O) groups is 1. The average molecular weight is 420 g/mol. The van der Waals surface area contributed by atoms with E-state index in [0.717, 1.165) is 28.0 Å². The number of aromatic nitrogens is 4. The molecule has 0 unspecified atom stereocenters. The van der Waals surface area contributed by atoms with Crippen molar-refractivity contribution in [3.8, 4) is 11.1 Å². The van der Waals surface area contributed by atoms with Crippen LogP contribution >= 0.6 is 0 Å². The molecular weight excluding hydrogens is 395 g/mol. The van der Waals surface area contributed by atoms with E-state index < -0.39 is 0 Å². The number of Topliss-reactive ketones (excluding diaryl/α,β-unsaturated/α-hetero) is 1. The lowest BCUT2D eigenvalue weighted by Gasteiger charge is -2.10. The molecule has 0 aliphatic heterocycles. The number of hydrogen-bond donors (Lipinski definition) is 0. The highest BCUT2D eigenvalue weighted by Gasteiger charge is 2.22. The molecule has 0 aliphatic carbocycles. The third kappa shape index (κ3) is 4.00. The molecule has 4 rings (SSSR count). The summed E-state index contributed by atoms with van der Waals surface area (Å²) in [4.78, 5) is 22.3. The van der Waals surface area contributed by atoms with Crippen LogP contribution in [0.25, 0.3) is 22.2 Å². The Morgan fingerprint density at radius 3 is 2.45 bits per heavy atom. The second-order valence-electron chi connectivity index (χ2n) is 8.29. The van der Waals surface area contributed by atoms with Gasteiger partial charge in [-0.15, -0.1) is 0 Å². The summed E-state index contributed by atoms with van der Waals surface area (Å²) in [5.41, 5.74) is 3.87. The predicted molar refractivity (Wildman–Crippen MR) is 117 cm³/mol. The van der Waals surface area contributed by atoms with Crippen LogP contribution in [-0.2, 0) is 7.05 Å². The zero-order valence-corrected chi connectivity index (χ0v) is 18.3. The molecule has 0 radical (unpaired) electrons. The second kappa shape index (κ2) is 8.06. The molecule has 6 nitrogen and oxygen atoms in total. The van der Waals surface area contributed by atoms with E-state index in [4.69, 9.17) is 9.51 Å². The summed E-state index contributed by atoms with van der Waals surface area (Å²) in [5, 5.41) is 3.81. The van der Waals surface area contributed by atoms with E-state index in [1.54, 1.807) is 19.1 Å². The number of ketones is 1. The smallest absolute Gasteiger partial charge is 0.229 e. The van der Waals surface area contributed by atoms with E-state index in [1.807, 2.05) is 30.7 Å². The molecule has 0 spiro atoms. The molecular formula is C24H25FN4O2. The van der Waals surface area contributed by atoms with E-state index in [1.165, 1.54) is 12.1 Å². The number of nitrogens with zero attached hydrogens (tertiary/aromatic N) is 4. The average Bonchev–Trinajstić information content (AvgIpc) is 3.31. The Bertz CT molecular complexity index is 1250. The van der Waals surface area contributed by atoms with Gasteiger partial charge in [0, 0.05) is 36.4 Å². The molecule has 31 heavy (non-hydrogen) atoms. The third-order valence-corrected chi connectivity index (χ3v) is 5.47. The molecule has 0 fully saturated rings. The number of carbonyl (C=O) groups excluding carboxylic acids is 1. The Labute approximate surface area is 180 Å². The lowest BCUT2D eigenvalue weighted by Crippen LogP contribution is -2.06. The normalized spacial score (nSPS) is 12.6. The van der Waals surface area contributed by atoms with Crippen LogP contribution in [0.1, 0.15) is 66.9 Å². The fraction of sp³-hybridized carbons (Fsp3) is 0.333. The van der Waals surface area contributed by atoms with Crippen LogP contribution in [0.5, 0.6) is 0 Å². The van der Waals surface area contributed by atoms with Gasteiger partial charge >= 0.3 is 0 Å². The summed E-state index contributed by atoms with van der Waals surface area (Å²) in [6.07, 6.45) is 0.241. The van der Waals surface area contributed by atoms with Crippen LogP contribution in [0.15, 0.2) is 40.9 Å². The Kier molecular flexibility index (Phi) is 5.43. The van der Waals surface area contributed by atoms with Crippen LogP contribution in [-0.4, -0.2) is 25.5 Å². The fourth-order valence-corrected chi connectivity index (χ4v) is 3.83. The van der Waals surface area contributed by atoms with Gasteiger partial charge in [-0.2, -0.15) is 4.98 Å². The molecule has 4 aromatic rings. The van der Waals surface area contributed by atoms with E-state index in [9.17, 15) is 9.18 Å². The molecule has 160 valence electrons. The monoisotopic (exact) mass is 420 g/mol. The van der Waals surface area contributed by atoms with Crippen molar-refractivity contribution in [3.05, 3.63) is 65.3 Å². The van der Waals surface area contributed by atoms with Crippen LogP contribution < -0.4 is 0 Å². The number of benzene rings is 2. The maximum absolute atomic E-state index is 13.5. The van der Waals surface area contributed by atoms with Gasteiger partial charge in [-0.25, -0.2) is 9.37 Å². The SMILES string of the molecule is Cc1noc([C@@H](C)CC(=O)c2cc(-c3ccc(F)cc3)c3nc(C(C)C)n(C)c3c2)n1. The van der Waals surface area contributed by atoms with E-state index in [-0.39, 0.29) is 29.9 Å². The minimum atomic E-state index is -0.306. The van der Waals surface area contributed by atoms with Crippen molar-refractivity contribution in [3.63, 3.8) is 0 Å². The maximum atomic E-state index is 13.5. The van der Waals surface area contributed by atoms with Gasteiger partial charge in [0.25, 0.3) is 0 Å². The number of fused-ring (bicyclic) bond motifs is 1. The van der Waals surface area contributed by atoms with E-state index >= 15 is 0 Å². The molecule has 2 heterocycles. The van der Waals surface area contributed by atoms with Crippen molar-refractivity contribution in [1.29, 1.82) is 0 Å². The minimum absolute atomic E-state index is 0.0269. The number of imidazole rings is 1. The van der Waals surface area contributed by atoms with E-state index in [0.29, 0.717) is 17.3 Å². The molecule has 0 saturated carbocycles. The summed E-state index contributed by atoms with van der Waals surface area (Å²) < 4.78 is 20.8. The first-order chi connectivity index (χ1) is 14.7. The van der Waals surface area contributed by atoms with Gasteiger partial charge in [-0.05, 0) is 36.8 Å². The van der Waals surface area contributed by atoms with E-state index in [2.05, 4.69) is 24.0 Å². The number of aryl methyl sites for hydroxylation is 2.